The number of nitrogens with one attached hydrogen (secondary N) is 1. The van der Waals surface area contributed by atoms with Crippen molar-refractivity contribution in [3.63, 3.8) is 0 Å². The molecule has 0 saturated heterocycles. The maximum atomic E-state index is 9.01. The zero-order valence-electron chi connectivity index (χ0n) is 11.0. The molecule has 0 saturated carbocycles. The largest absolute Gasteiger partial charge is 0.384 e. The van der Waals surface area contributed by atoms with Gasteiger partial charge in [0, 0.05) is 20.3 Å². The van der Waals surface area contributed by atoms with Crippen LogP contribution in [0.3, 0.4) is 0 Å². The fraction of sp³-hybridized carbons (Fsp3) is 0.500. The lowest BCUT2D eigenvalue weighted by Gasteiger charge is -2.11. The molecule has 4 heteroatoms. The Hall–Kier alpha value is -1.57. The number of aryl methyl sites for hydroxylation is 1. The SMILES string of the molecule is COCCOCCCNc1c(C)cccc1C#N. The summed E-state index contributed by atoms with van der Waals surface area (Å²) in [6, 6.07) is 7.91. The molecular formula is C14H20N2O2. The first-order valence-corrected chi connectivity index (χ1v) is 6.10. The van der Waals surface area contributed by atoms with Crippen LogP contribution < -0.4 is 5.32 Å². The highest BCUT2D eigenvalue weighted by Crippen LogP contribution is 2.19. The van der Waals surface area contributed by atoms with E-state index in [1.54, 1.807) is 7.11 Å². The highest BCUT2D eigenvalue weighted by atomic mass is 16.5. The van der Waals surface area contributed by atoms with Crippen LogP contribution in [-0.2, 0) is 9.47 Å². The number of hydrogen-bond acceptors (Lipinski definition) is 4. The molecular weight excluding hydrogens is 228 g/mol. The van der Waals surface area contributed by atoms with Crippen molar-refractivity contribution >= 4 is 5.69 Å². The average Bonchev–Trinajstić information content (AvgIpc) is 2.39. The van der Waals surface area contributed by atoms with Gasteiger partial charge in [-0.3, -0.25) is 0 Å². The van der Waals surface area contributed by atoms with Crippen LogP contribution >= 0.6 is 0 Å². The second kappa shape index (κ2) is 8.51. The van der Waals surface area contributed by atoms with E-state index in [2.05, 4.69) is 11.4 Å². The van der Waals surface area contributed by atoms with Crippen molar-refractivity contribution in [1.82, 2.24) is 0 Å². The first kappa shape index (κ1) is 14.5. The zero-order valence-corrected chi connectivity index (χ0v) is 11.0. The lowest BCUT2D eigenvalue weighted by Crippen LogP contribution is -2.09. The van der Waals surface area contributed by atoms with E-state index in [4.69, 9.17) is 14.7 Å². The summed E-state index contributed by atoms with van der Waals surface area (Å²) in [5.41, 5.74) is 2.71. The molecule has 1 rings (SSSR count). The Morgan fingerprint density at radius 2 is 2.11 bits per heavy atom. The number of rotatable bonds is 8. The maximum Gasteiger partial charge on any atom is 0.101 e. The van der Waals surface area contributed by atoms with Gasteiger partial charge in [0.25, 0.3) is 0 Å². The number of anilines is 1. The minimum atomic E-state index is 0.629. The third-order valence-electron chi connectivity index (χ3n) is 2.59. The van der Waals surface area contributed by atoms with E-state index in [9.17, 15) is 0 Å². The van der Waals surface area contributed by atoms with Crippen molar-refractivity contribution in [3.8, 4) is 6.07 Å². The zero-order chi connectivity index (χ0) is 13.2. The second-order valence-electron chi connectivity index (χ2n) is 3.99. The van der Waals surface area contributed by atoms with Gasteiger partial charge in [-0.2, -0.15) is 5.26 Å². The second-order valence-corrected chi connectivity index (χ2v) is 3.99. The van der Waals surface area contributed by atoms with Crippen LogP contribution in [0.15, 0.2) is 18.2 Å². The third kappa shape index (κ3) is 4.74. The summed E-state index contributed by atoms with van der Waals surface area (Å²) < 4.78 is 10.3. The first-order valence-electron chi connectivity index (χ1n) is 6.10. The Kier molecular flexibility index (Phi) is 6.85. The van der Waals surface area contributed by atoms with Gasteiger partial charge in [-0.05, 0) is 25.0 Å². The van der Waals surface area contributed by atoms with Gasteiger partial charge in [-0.25, -0.2) is 0 Å². The van der Waals surface area contributed by atoms with Crippen LogP contribution in [0.5, 0.6) is 0 Å². The molecule has 0 aromatic heterocycles. The van der Waals surface area contributed by atoms with E-state index in [1.165, 1.54) is 0 Å². The molecule has 18 heavy (non-hydrogen) atoms. The number of ether oxygens (including phenoxy) is 2. The number of methoxy groups -OCH3 is 1. The molecule has 0 aliphatic heterocycles. The number of nitriles is 1. The minimum absolute atomic E-state index is 0.629. The Bertz CT molecular complexity index is 399. The van der Waals surface area contributed by atoms with Crippen molar-refractivity contribution in [2.24, 2.45) is 0 Å². The predicted octanol–water partition coefficient (Wildman–Crippen LogP) is 2.33. The Labute approximate surface area is 109 Å². The highest BCUT2D eigenvalue weighted by molar-refractivity contribution is 5.62. The normalized spacial score (nSPS) is 10.1. The van der Waals surface area contributed by atoms with E-state index in [1.807, 2.05) is 25.1 Å². The number of hydrogen-bond donors (Lipinski definition) is 1. The van der Waals surface area contributed by atoms with Crippen molar-refractivity contribution in [3.05, 3.63) is 29.3 Å². The molecule has 1 N–H and O–H groups in total. The van der Waals surface area contributed by atoms with Gasteiger partial charge >= 0.3 is 0 Å². The summed E-state index contributed by atoms with van der Waals surface area (Å²) in [6.45, 7) is 4.75. The molecule has 0 aliphatic carbocycles. The van der Waals surface area contributed by atoms with Gasteiger partial charge < -0.3 is 14.8 Å². The van der Waals surface area contributed by atoms with Crippen molar-refractivity contribution in [2.45, 2.75) is 13.3 Å². The number of benzene rings is 1. The van der Waals surface area contributed by atoms with Gasteiger partial charge in [0.15, 0.2) is 0 Å². The van der Waals surface area contributed by atoms with Crippen molar-refractivity contribution < 1.29 is 9.47 Å². The maximum absolute atomic E-state index is 9.01. The fourth-order valence-electron chi connectivity index (χ4n) is 1.63. The monoisotopic (exact) mass is 248 g/mol. The predicted molar refractivity (Wildman–Crippen MR) is 71.7 cm³/mol. The molecule has 0 spiro atoms. The third-order valence-corrected chi connectivity index (χ3v) is 2.59. The van der Waals surface area contributed by atoms with Gasteiger partial charge in [0.05, 0.1) is 24.5 Å². The van der Waals surface area contributed by atoms with Crippen LogP contribution in [0.2, 0.25) is 0 Å². The van der Waals surface area contributed by atoms with Gasteiger partial charge in [-0.1, -0.05) is 12.1 Å². The fourth-order valence-corrected chi connectivity index (χ4v) is 1.63. The Balaban J connectivity index is 2.29. The Morgan fingerprint density at radius 1 is 1.28 bits per heavy atom. The van der Waals surface area contributed by atoms with Crippen LogP contribution in [-0.4, -0.2) is 33.5 Å². The van der Waals surface area contributed by atoms with Crippen molar-refractivity contribution in [2.75, 3.05) is 38.8 Å². The van der Waals surface area contributed by atoms with Crippen LogP contribution in [0, 0.1) is 18.3 Å². The molecule has 1 aromatic rings. The van der Waals surface area contributed by atoms with Gasteiger partial charge in [-0.15, -0.1) is 0 Å². The average molecular weight is 248 g/mol. The summed E-state index contributed by atoms with van der Waals surface area (Å²) in [6.07, 6.45) is 0.906. The van der Waals surface area contributed by atoms with Gasteiger partial charge in [0.1, 0.15) is 6.07 Å². The summed E-state index contributed by atoms with van der Waals surface area (Å²) in [7, 11) is 1.66. The first-order chi connectivity index (χ1) is 8.79. The van der Waals surface area contributed by atoms with Gasteiger partial charge in [0.2, 0.25) is 0 Å². The molecule has 0 fully saturated rings. The number of para-hydroxylation sites is 1. The summed E-state index contributed by atoms with van der Waals surface area (Å²) in [4.78, 5) is 0. The Morgan fingerprint density at radius 3 is 2.83 bits per heavy atom. The minimum Gasteiger partial charge on any atom is -0.384 e. The molecule has 0 aliphatic rings. The van der Waals surface area contributed by atoms with E-state index in [-0.39, 0.29) is 0 Å². The molecule has 0 amide bonds. The lowest BCUT2D eigenvalue weighted by atomic mass is 10.1. The lowest BCUT2D eigenvalue weighted by molar-refractivity contribution is 0.0705. The molecule has 0 atom stereocenters. The molecule has 4 nitrogen and oxygen atoms in total. The standard InChI is InChI=1S/C14H20N2O2/c1-12-5-3-6-13(11-15)14(12)16-7-4-8-18-10-9-17-2/h3,5-6,16H,4,7-10H2,1-2H3. The molecule has 98 valence electrons. The summed E-state index contributed by atoms with van der Waals surface area (Å²) in [5, 5.41) is 12.3. The topological polar surface area (TPSA) is 54.3 Å². The smallest absolute Gasteiger partial charge is 0.101 e. The quantitative estimate of drug-likeness (QED) is 0.717. The van der Waals surface area contributed by atoms with Crippen molar-refractivity contribution in [1.29, 1.82) is 5.26 Å². The van der Waals surface area contributed by atoms with E-state index in [0.29, 0.717) is 25.4 Å². The van der Waals surface area contributed by atoms with E-state index in [0.717, 1.165) is 24.2 Å². The molecule has 0 unspecified atom stereocenters. The summed E-state index contributed by atoms with van der Waals surface area (Å²) >= 11 is 0. The highest BCUT2D eigenvalue weighted by Gasteiger charge is 2.03. The van der Waals surface area contributed by atoms with E-state index < -0.39 is 0 Å². The van der Waals surface area contributed by atoms with E-state index >= 15 is 0 Å². The molecule has 0 bridgehead atoms. The summed E-state index contributed by atoms with van der Waals surface area (Å²) in [5.74, 6) is 0. The van der Waals surface area contributed by atoms with Crippen LogP contribution in [0.25, 0.3) is 0 Å². The van der Waals surface area contributed by atoms with Crippen LogP contribution in [0.4, 0.5) is 5.69 Å². The molecule has 0 radical (unpaired) electrons. The molecule has 0 heterocycles. The number of nitrogens with zero attached hydrogens (tertiary/aromatic N) is 1. The van der Waals surface area contributed by atoms with Crippen LogP contribution in [0.1, 0.15) is 17.5 Å². The molecule has 1 aromatic carbocycles.